The lowest BCUT2D eigenvalue weighted by atomic mass is 10.1. The van der Waals surface area contributed by atoms with Gasteiger partial charge in [0.2, 0.25) is 15.9 Å². The van der Waals surface area contributed by atoms with Gasteiger partial charge in [-0.2, -0.15) is 13.2 Å². The van der Waals surface area contributed by atoms with Crippen LogP contribution >= 0.6 is 0 Å². The summed E-state index contributed by atoms with van der Waals surface area (Å²) in [5, 5.41) is 2.14. The Bertz CT molecular complexity index is 911. The number of nitrogens with one attached hydrogen (secondary N) is 1. The van der Waals surface area contributed by atoms with Crippen LogP contribution in [0.25, 0.3) is 0 Å². The quantitative estimate of drug-likeness (QED) is 0.856. The van der Waals surface area contributed by atoms with E-state index in [9.17, 15) is 26.4 Å². The lowest BCUT2D eigenvalue weighted by Crippen LogP contribution is -2.38. The number of alkyl halides is 3. The van der Waals surface area contributed by atoms with Crippen molar-refractivity contribution in [2.45, 2.75) is 13.1 Å². The lowest BCUT2D eigenvalue weighted by molar-refractivity contribution is -0.137. The number of sulfonamides is 1. The maximum absolute atomic E-state index is 13.0. The maximum Gasteiger partial charge on any atom is 0.418 e. The van der Waals surface area contributed by atoms with Crippen LogP contribution in [0.2, 0.25) is 0 Å². The van der Waals surface area contributed by atoms with Crippen LogP contribution in [0, 0.1) is 6.92 Å². The van der Waals surface area contributed by atoms with Crippen LogP contribution < -0.4 is 9.62 Å². The van der Waals surface area contributed by atoms with Gasteiger partial charge in [0.15, 0.2) is 0 Å². The second kappa shape index (κ2) is 7.36. The van der Waals surface area contributed by atoms with E-state index in [4.69, 9.17) is 0 Å². The summed E-state index contributed by atoms with van der Waals surface area (Å²) in [7, 11) is -3.82. The first-order valence-corrected chi connectivity index (χ1v) is 9.34. The maximum atomic E-state index is 13.0. The van der Waals surface area contributed by atoms with Crippen LogP contribution in [0.3, 0.4) is 0 Å². The first kappa shape index (κ1) is 19.8. The molecule has 26 heavy (non-hydrogen) atoms. The smallest absolute Gasteiger partial charge is 0.324 e. The fraction of sp³-hybridized carbons (Fsp3) is 0.235. The number of anilines is 2. The van der Waals surface area contributed by atoms with Gasteiger partial charge < -0.3 is 5.32 Å². The Morgan fingerprint density at radius 1 is 1.08 bits per heavy atom. The average molecular weight is 386 g/mol. The Kier molecular flexibility index (Phi) is 5.60. The van der Waals surface area contributed by atoms with Crippen LogP contribution in [0.15, 0.2) is 48.5 Å². The first-order valence-electron chi connectivity index (χ1n) is 7.49. The number of para-hydroxylation sites is 2. The second-order valence-electron chi connectivity index (χ2n) is 5.65. The molecule has 2 aromatic rings. The molecule has 0 aliphatic carbocycles. The van der Waals surface area contributed by atoms with E-state index in [2.05, 4.69) is 5.32 Å². The molecule has 0 atom stereocenters. The summed E-state index contributed by atoms with van der Waals surface area (Å²) in [4.78, 5) is 12.2. The van der Waals surface area contributed by atoms with E-state index < -0.39 is 39.9 Å². The van der Waals surface area contributed by atoms with Gasteiger partial charge in [-0.15, -0.1) is 0 Å². The molecule has 2 aromatic carbocycles. The molecule has 0 heterocycles. The zero-order valence-electron chi connectivity index (χ0n) is 14.0. The molecule has 0 unspecified atom stereocenters. The molecule has 0 aliphatic rings. The fourth-order valence-electron chi connectivity index (χ4n) is 2.38. The molecule has 1 amide bonds. The molecule has 0 fully saturated rings. The largest absolute Gasteiger partial charge is 0.418 e. The summed E-state index contributed by atoms with van der Waals surface area (Å²) < 4.78 is 64.0. The van der Waals surface area contributed by atoms with Gasteiger partial charge in [-0.1, -0.05) is 30.3 Å². The van der Waals surface area contributed by atoms with Crippen LogP contribution in [0.4, 0.5) is 24.5 Å². The number of rotatable bonds is 5. The summed E-state index contributed by atoms with van der Waals surface area (Å²) in [5.74, 6) is -0.879. The Hall–Kier alpha value is -2.55. The molecule has 0 radical (unpaired) electrons. The van der Waals surface area contributed by atoms with Crippen LogP contribution in [0.1, 0.15) is 11.1 Å². The summed E-state index contributed by atoms with van der Waals surface area (Å²) in [6.45, 7) is 1.03. The van der Waals surface area contributed by atoms with Gasteiger partial charge in [-0.05, 0) is 30.7 Å². The van der Waals surface area contributed by atoms with Gasteiger partial charge in [0.05, 0.1) is 23.2 Å². The third-order valence-corrected chi connectivity index (χ3v) is 4.70. The van der Waals surface area contributed by atoms with E-state index in [1.165, 1.54) is 18.2 Å². The third kappa shape index (κ3) is 4.75. The minimum absolute atomic E-state index is 0.286. The number of hydrogen-bond donors (Lipinski definition) is 1. The molecule has 0 saturated heterocycles. The lowest BCUT2D eigenvalue weighted by Gasteiger charge is -2.24. The van der Waals surface area contributed by atoms with Crippen molar-refractivity contribution in [3.63, 3.8) is 0 Å². The number of carbonyl (C=O) groups excluding carboxylic acids is 1. The molecular formula is C17H17F3N2O3S. The summed E-state index contributed by atoms with van der Waals surface area (Å²) >= 11 is 0. The molecule has 9 heteroatoms. The highest BCUT2D eigenvalue weighted by atomic mass is 32.2. The van der Waals surface area contributed by atoms with Crippen molar-refractivity contribution in [3.05, 3.63) is 59.7 Å². The number of halogens is 3. The SMILES string of the molecule is Cc1ccccc1N(CC(=O)Nc1ccccc1C(F)(F)F)S(C)(=O)=O. The molecular weight excluding hydrogens is 369 g/mol. The van der Waals surface area contributed by atoms with E-state index in [0.29, 0.717) is 5.56 Å². The molecule has 0 aliphatic heterocycles. The summed E-state index contributed by atoms with van der Waals surface area (Å²) in [6.07, 6.45) is -3.72. The Morgan fingerprint density at radius 3 is 2.23 bits per heavy atom. The third-order valence-electron chi connectivity index (χ3n) is 3.58. The number of hydrogen-bond acceptors (Lipinski definition) is 3. The standard InChI is InChI=1S/C17H17F3N2O3S/c1-12-7-3-6-10-15(12)22(26(2,24)25)11-16(23)21-14-9-5-4-8-13(14)17(18,19)20/h3-10H,11H2,1-2H3,(H,21,23). The Balaban J connectivity index is 2.29. The van der Waals surface area contributed by atoms with Gasteiger partial charge in [0.1, 0.15) is 6.54 Å². The highest BCUT2D eigenvalue weighted by Gasteiger charge is 2.34. The monoisotopic (exact) mass is 386 g/mol. The summed E-state index contributed by atoms with van der Waals surface area (Å²) in [6, 6.07) is 11.0. The van der Waals surface area contributed by atoms with Crippen LogP contribution in [-0.4, -0.2) is 27.1 Å². The predicted molar refractivity (Wildman–Crippen MR) is 93.4 cm³/mol. The number of amides is 1. The molecule has 5 nitrogen and oxygen atoms in total. The number of nitrogens with zero attached hydrogens (tertiary/aromatic N) is 1. The van der Waals surface area contributed by atoms with E-state index in [0.717, 1.165) is 22.7 Å². The molecule has 0 spiro atoms. The average Bonchev–Trinajstić information content (AvgIpc) is 2.52. The minimum atomic E-state index is -4.64. The normalized spacial score (nSPS) is 11.9. The molecule has 140 valence electrons. The molecule has 2 rings (SSSR count). The van der Waals surface area contributed by atoms with Gasteiger partial charge in [0.25, 0.3) is 0 Å². The van der Waals surface area contributed by atoms with E-state index >= 15 is 0 Å². The van der Waals surface area contributed by atoms with Crippen LogP contribution in [-0.2, 0) is 21.0 Å². The van der Waals surface area contributed by atoms with E-state index in [1.807, 2.05) is 0 Å². The predicted octanol–water partition coefficient (Wildman–Crippen LogP) is 3.42. The topological polar surface area (TPSA) is 66.5 Å². The van der Waals surface area contributed by atoms with Gasteiger partial charge in [0, 0.05) is 0 Å². The Labute approximate surface area is 149 Å². The van der Waals surface area contributed by atoms with Crippen molar-refractivity contribution in [3.8, 4) is 0 Å². The van der Waals surface area contributed by atoms with Crippen molar-refractivity contribution < 1.29 is 26.4 Å². The molecule has 1 N–H and O–H groups in total. The molecule has 0 bridgehead atoms. The zero-order chi connectivity index (χ0) is 19.5. The van der Waals surface area contributed by atoms with Gasteiger partial charge >= 0.3 is 6.18 Å². The van der Waals surface area contributed by atoms with Crippen molar-refractivity contribution in [1.29, 1.82) is 0 Å². The van der Waals surface area contributed by atoms with Crippen molar-refractivity contribution in [2.24, 2.45) is 0 Å². The number of benzene rings is 2. The Morgan fingerprint density at radius 2 is 1.65 bits per heavy atom. The van der Waals surface area contributed by atoms with E-state index in [-0.39, 0.29) is 5.69 Å². The van der Waals surface area contributed by atoms with Gasteiger partial charge in [-0.25, -0.2) is 8.42 Å². The number of carbonyl (C=O) groups is 1. The van der Waals surface area contributed by atoms with Gasteiger partial charge in [-0.3, -0.25) is 9.10 Å². The van der Waals surface area contributed by atoms with Crippen molar-refractivity contribution >= 4 is 27.3 Å². The molecule has 0 saturated carbocycles. The minimum Gasteiger partial charge on any atom is -0.324 e. The summed E-state index contributed by atoms with van der Waals surface area (Å²) in [5.41, 5.74) is -0.533. The molecule has 0 aromatic heterocycles. The van der Waals surface area contributed by atoms with Crippen molar-refractivity contribution in [1.82, 2.24) is 0 Å². The zero-order valence-corrected chi connectivity index (χ0v) is 14.9. The second-order valence-corrected chi connectivity index (χ2v) is 7.55. The highest BCUT2D eigenvalue weighted by Crippen LogP contribution is 2.34. The first-order chi connectivity index (χ1) is 12.0. The van der Waals surface area contributed by atoms with Crippen LogP contribution in [0.5, 0.6) is 0 Å². The van der Waals surface area contributed by atoms with E-state index in [1.54, 1.807) is 25.1 Å². The fourth-order valence-corrected chi connectivity index (χ4v) is 3.30. The number of aryl methyl sites for hydroxylation is 1. The highest BCUT2D eigenvalue weighted by molar-refractivity contribution is 7.92. The van der Waals surface area contributed by atoms with Crippen molar-refractivity contribution in [2.75, 3.05) is 22.4 Å².